The number of methoxy groups -OCH3 is 2. The fourth-order valence-electron chi connectivity index (χ4n) is 5.15. The summed E-state index contributed by atoms with van der Waals surface area (Å²) < 4.78 is 22.7. The summed E-state index contributed by atoms with van der Waals surface area (Å²) in [5.74, 6) is 1.17. The van der Waals surface area contributed by atoms with Crippen molar-refractivity contribution in [2.24, 2.45) is 5.92 Å². The van der Waals surface area contributed by atoms with E-state index in [1.165, 1.54) is 4.90 Å². The molecule has 0 aromatic heterocycles. The maximum atomic E-state index is 11.8. The Labute approximate surface area is 212 Å². The highest BCUT2D eigenvalue weighted by atomic mass is 16.5. The van der Waals surface area contributed by atoms with Crippen molar-refractivity contribution < 1.29 is 34.0 Å². The zero-order valence-corrected chi connectivity index (χ0v) is 21.0. The summed E-state index contributed by atoms with van der Waals surface area (Å²) in [7, 11) is 3.32. The highest BCUT2D eigenvalue weighted by Gasteiger charge is 2.40. The van der Waals surface area contributed by atoms with E-state index in [-0.39, 0.29) is 31.5 Å². The summed E-state index contributed by atoms with van der Waals surface area (Å²) >= 11 is 0. The first-order valence-corrected chi connectivity index (χ1v) is 12.4. The van der Waals surface area contributed by atoms with E-state index < -0.39 is 12.2 Å². The number of carboxylic acid groups (broad SMARTS) is 1. The molecule has 4 rings (SSSR count). The van der Waals surface area contributed by atoms with Gasteiger partial charge in [0.2, 0.25) is 0 Å². The molecule has 2 aromatic rings. The lowest BCUT2D eigenvalue weighted by atomic mass is 9.79. The number of rotatable bonds is 10. The van der Waals surface area contributed by atoms with Gasteiger partial charge in [-0.15, -0.1) is 0 Å². The van der Waals surface area contributed by atoms with E-state index in [0.29, 0.717) is 19.8 Å². The van der Waals surface area contributed by atoms with Gasteiger partial charge in [0.25, 0.3) is 0 Å². The van der Waals surface area contributed by atoms with Gasteiger partial charge in [0.1, 0.15) is 18.1 Å². The molecule has 3 atom stereocenters. The number of carbonyl (C=O) groups is 1. The van der Waals surface area contributed by atoms with Crippen molar-refractivity contribution >= 4 is 11.8 Å². The number of hydrogen-bond donors (Lipinski definition) is 2. The van der Waals surface area contributed by atoms with Crippen LogP contribution in [0.15, 0.2) is 42.5 Å². The quantitative estimate of drug-likeness (QED) is 0.480. The smallest absolute Gasteiger partial charge is 0.407 e. The molecule has 0 spiro atoms. The van der Waals surface area contributed by atoms with Crippen LogP contribution >= 0.6 is 0 Å². The summed E-state index contributed by atoms with van der Waals surface area (Å²) in [4.78, 5) is 15.4. The lowest BCUT2D eigenvalue weighted by molar-refractivity contribution is -0.0483. The Morgan fingerprint density at radius 1 is 1.14 bits per heavy atom. The van der Waals surface area contributed by atoms with E-state index in [0.717, 1.165) is 47.8 Å². The number of hydrogen-bond acceptors (Lipinski definition) is 7. The third kappa shape index (κ3) is 6.03. The fourth-order valence-corrected chi connectivity index (χ4v) is 5.15. The Bertz CT molecular complexity index is 1000. The first-order chi connectivity index (χ1) is 17.5. The standard InChI is InChI=1S/C27H36N2O7/c1-33-12-3-10-28-11-13-35-24-9-4-19(14-23(24)28)18-36-25-16-29(27(31)32)15-21(17-30)26(25)20-5-7-22(34-2)8-6-20/h4-9,14,21,25-26,30H,3,10-13,15-18H2,1-2H3,(H,31,32)/t21-,25-,26-/m0/s1. The largest absolute Gasteiger partial charge is 0.497 e. The molecule has 0 saturated carbocycles. The monoisotopic (exact) mass is 500 g/mol. The van der Waals surface area contributed by atoms with Crippen LogP contribution < -0.4 is 14.4 Å². The van der Waals surface area contributed by atoms with Gasteiger partial charge >= 0.3 is 6.09 Å². The van der Waals surface area contributed by atoms with E-state index in [1.54, 1.807) is 14.2 Å². The Morgan fingerprint density at radius 3 is 2.64 bits per heavy atom. The third-order valence-electron chi connectivity index (χ3n) is 6.99. The Balaban J connectivity index is 1.53. The molecule has 1 saturated heterocycles. The van der Waals surface area contributed by atoms with Crippen molar-refractivity contribution in [1.82, 2.24) is 4.90 Å². The molecule has 2 heterocycles. The van der Waals surface area contributed by atoms with Crippen LogP contribution in [0.3, 0.4) is 0 Å². The molecule has 2 aliphatic rings. The SMILES string of the molecule is COCCCN1CCOc2ccc(CO[C@H]3CN(C(=O)O)C[C@@H](CO)[C@@H]3c3ccc(OC)cc3)cc21. The first kappa shape index (κ1) is 26.1. The average molecular weight is 501 g/mol. The summed E-state index contributed by atoms with van der Waals surface area (Å²) in [6.45, 7) is 3.73. The fraction of sp³-hybridized carbons (Fsp3) is 0.519. The molecule has 2 N–H and O–H groups in total. The second-order valence-electron chi connectivity index (χ2n) is 9.26. The molecule has 2 aromatic carbocycles. The van der Waals surface area contributed by atoms with Gasteiger partial charge in [0.15, 0.2) is 0 Å². The number of benzene rings is 2. The second-order valence-corrected chi connectivity index (χ2v) is 9.26. The summed E-state index contributed by atoms with van der Waals surface area (Å²) in [5.41, 5.74) is 3.01. The summed E-state index contributed by atoms with van der Waals surface area (Å²) in [6.07, 6.45) is -0.492. The number of amides is 1. The number of ether oxygens (including phenoxy) is 4. The van der Waals surface area contributed by atoms with Crippen molar-refractivity contribution in [1.29, 1.82) is 0 Å². The van der Waals surface area contributed by atoms with Gasteiger partial charge in [-0.2, -0.15) is 0 Å². The maximum Gasteiger partial charge on any atom is 0.407 e. The number of piperidine rings is 1. The second kappa shape index (κ2) is 12.3. The number of anilines is 1. The van der Waals surface area contributed by atoms with Crippen molar-refractivity contribution in [3.05, 3.63) is 53.6 Å². The number of likely N-dealkylation sites (tertiary alicyclic amines) is 1. The molecule has 0 bridgehead atoms. The average Bonchev–Trinajstić information content (AvgIpc) is 2.91. The molecule has 0 radical (unpaired) electrons. The van der Waals surface area contributed by atoms with Crippen LogP contribution in [0.25, 0.3) is 0 Å². The predicted octanol–water partition coefficient (Wildman–Crippen LogP) is 3.20. The molecule has 9 nitrogen and oxygen atoms in total. The molecular formula is C27H36N2O7. The minimum atomic E-state index is -1.01. The van der Waals surface area contributed by atoms with Crippen LogP contribution in [0.1, 0.15) is 23.5 Å². The van der Waals surface area contributed by atoms with Crippen molar-refractivity contribution in [3.8, 4) is 11.5 Å². The number of fused-ring (bicyclic) bond motifs is 1. The molecule has 9 heteroatoms. The van der Waals surface area contributed by atoms with E-state index >= 15 is 0 Å². The Hall–Kier alpha value is -3.01. The van der Waals surface area contributed by atoms with Gasteiger partial charge in [-0.3, -0.25) is 0 Å². The van der Waals surface area contributed by atoms with Crippen molar-refractivity contribution in [2.45, 2.75) is 25.0 Å². The van der Waals surface area contributed by atoms with E-state index in [4.69, 9.17) is 18.9 Å². The highest BCUT2D eigenvalue weighted by Crippen LogP contribution is 2.37. The topological polar surface area (TPSA) is 101 Å². The normalized spacial score (nSPS) is 21.6. The zero-order valence-electron chi connectivity index (χ0n) is 21.0. The van der Waals surface area contributed by atoms with E-state index in [2.05, 4.69) is 11.0 Å². The van der Waals surface area contributed by atoms with E-state index in [9.17, 15) is 15.0 Å². The Kier molecular flexibility index (Phi) is 8.90. The van der Waals surface area contributed by atoms with Gasteiger partial charge in [-0.25, -0.2) is 4.79 Å². The first-order valence-electron chi connectivity index (χ1n) is 12.4. The number of nitrogens with zero attached hydrogens (tertiary/aromatic N) is 2. The highest BCUT2D eigenvalue weighted by molar-refractivity contribution is 5.65. The number of aliphatic hydroxyl groups is 1. The van der Waals surface area contributed by atoms with Crippen LogP contribution in [0, 0.1) is 5.92 Å². The van der Waals surface area contributed by atoms with Crippen molar-refractivity contribution in [2.75, 3.05) is 65.1 Å². The lowest BCUT2D eigenvalue weighted by Crippen LogP contribution is -2.51. The van der Waals surface area contributed by atoms with Crippen LogP contribution in [-0.4, -0.2) is 87.5 Å². The minimum absolute atomic E-state index is 0.132. The van der Waals surface area contributed by atoms with Crippen LogP contribution in [0.5, 0.6) is 11.5 Å². The summed E-state index contributed by atoms with van der Waals surface area (Å²) in [6, 6.07) is 13.7. The van der Waals surface area contributed by atoms with Gasteiger partial charge < -0.3 is 39.0 Å². The molecule has 1 fully saturated rings. The molecule has 0 aliphatic carbocycles. The zero-order chi connectivity index (χ0) is 25.5. The van der Waals surface area contributed by atoms with E-state index in [1.807, 2.05) is 36.4 Å². The van der Waals surface area contributed by atoms with Crippen LogP contribution in [0.4, 0.5) is 10.5 Å². The lowest BCUT2D eigenvalue weighted by Gasteiger charge is -2.42. The Morgan fingerprint density at radius 2 is 1.94 bits per heavy atom. The minimum Gasteiger partial charge on any atom is -0.497 e. The third-order valence-corrected chi connectivity index (χ3v) is 6.99. The van der Waals surface area contributed by atoms with Crippen LogP contribution in [0.2, 0.25) is 0 Å². The van der Waals surface area contributed by atoms with Crippen molar-refractivity contribution in [3.63, 3.8) is 0 Å². The van der Waals surface area contributed by atoms with Gasteiger partial charge in [-0.1, -0.05) is 18.2 Å². The van der Waals surface area contributed by atoms with Gasteiger partial charge in [0.05, 0.1) is 38.6 Å². The molecule has 196 valence electrons. The van der Waals surface area contributed by atoms with Crippen LogP contribution in [-0.2, 0) is 16.1 Å². The maximum absolute atomic E-state index is 11.8. The molecular weight excluding hydrogens is 464 g/mol. The van der Waals surface area contributed by atoms with Gasteiger partial charge in [-0.05, 0) is 41.8 Å². The molecule has 2 aliphatic heterocycles. The molecule has 1 amide bonds. The number of aliphatic hydroxyl groups excluding tert-OH is 1. The predicted molar refractivity (Wildman–Crippen MR) is 135 cm³/mol. The summed E-state index contributed by atoms with van der Waals surface area (Å²) in [5, 5.41) is 19.8. The van der Waals surface area contributed by atoms with Gasteiger partial charge in [0, 0.05) is 45.2 Å². The molecule has 36 heavy (non-hydrogen) atoms. The molecule has 0 unspecified atom stereocenters.